The molecular formula is C5H7N3O8. The molecule has 0 amide bonds. The summed E-state index contributed by atoms with van der Waals surface area (Å²) in [4.78, 5) is 36.4. The number of carboxylic acid groups (broad SMARTS) is 1. The van der Waals surface area contributed by atoms with Gasteiger partial charge < -0.3 is 5.11 Å². The Labute approximate surface area is 87.1 Å². The van der Waals surface area contributed by atoms with Crippen molar-refractivity contribution in [2.45, 2.75) is 19.1 Å². The summed E-state index contributed by atoms with van der Waals surface area (Å²) >= 11 is 0. The fraction of sp³-hybridized carbons (Fsp3) is 0.800. The summed E-state index contributed by atoms with van der Waals surface area (Å²) in [6.07, 6.45) is -1.32. The minimum Gasteiger partial charge on any atom is -0.481 e. The smallest absolute Gasteiger partial charge is 0.481 e. The number of carboxylic acids is 1. The third-order valence-electron chi connectivity index (χ3n) is 1.88. The Morgan fingerprint density at radius 2 is 1.50 bits per heavy atom. The van der Waals surface area contributed by atoms with E-state index in [-0.39, 0.29) is 0 Å². The van der Waals surface area contributed by atoms with Gasteiger partial charge in [0.15, 0.2) is 21.2 Å². The van der Waals surface area contributed by atoms with Gasteiger partial charge in [-0.05, 0) is 0 Å². The number of nitro groups is 3. The Morgan fingerprint density at radius 1 is 1.19 bits per heavy atom. The van der Waals surface area contributed by atoms with E-state index in [0.717, 1.165) is 6.92 Å². The molecular weight excluding hydrogens is 230 g/mol. The van der Waals surface area contributed by atoms with Crippen molar-refractivity contribution < 1.29 is 24.7 Å². The van der Waals surface area contributed by atoms with E-state index < -0.39 is 38.9 Å². The van der Waals surface area contributed by atoms with Crippen LogP contribution in [0.4, 0.5) is 0 Å². The lowest BCUT2D eigenvalue weighted by atomic mass is 10.0. The van der Waals surface area contributed by atoms with Gasteiger partial charge in [-0.15, -0.1) is 0 Å². The monoisotopic (exact) mass is 237 g/mol. The molecule has 0 aromatic heterocycles. The molecule has 1 N–H and O–H groups in total. The first-order valence-corrected chi connectivity index (χ1v) is 3.82. The van der Waals surface area contributed by atoms with Gasteiger partial charge in [0, 0.05) is 0 Å². The Morgan fingerprint density at radius 3 is 1.69 bits per heavy atom. The van der Waals surface area contributed by atoms with Crippen molar-refractivity contribution in [2.75, 3.05) is 0 Å². The van der Waals surface area contributed by atoms with E-state index in [1.54, 1.807) is 0 Å². The van der Waals surface area contributed by atoms with E-state index in [1.165, 1.54) is 0 Å². The number of hydrogen-bond donors (Lipinski definition) is 1. The van der Waals surface area contributed by atoms with Gasteiger partial charge in [-0.3, -0.25) is 35.1 Å². The van der Waals surface area contributed by atoms with Crippen molar-refractivity contribution in [3.05, 3.63) is 30.3 Å². The van der Waals surface area contributed by atoms with Crippen molar-refractivity contribution in [3.8, 4) is 0 Å². The second-order valence-corrected chi connectivity index (χ2v) is 2.99. The van der Waals surface area contributed by atoms with Crippen LogP contribution in [0.3, 0.4) is 0 Å². The molecule has 0 aliphatic carbocycles. The average molecular weight is 237 g/mol. The van der Waals surface area contributed by atoms with E-state index in [9.17, 15) is 35.1 Å². The molecule has 16 heavy (non-hydrogen) atoms. The highest BCUT2D eigenvalue weighted by Gasteiger charge is 2.71. The van der Waals surface area contributed by atoms with Crippen LogP contribution in [-0.2, 0) is 4.79 Å². The first-order valence-electron chi connectivity index (χ1n) is 3.82. The normalized spacial score (nSPS) is 12.8. The molecule has 0 radical (unpaired) electrons. The lowest BCUT2D eigenvalue weighted by Crippen LogP contribution is -2.54. The molecule has 90 valence electrons. The topological polar surface area (TPSA) is 167 Å². The first kappa shape index (κ1) is 13.7. The fourth-order valence-electron chi connectivity index (χ4n) is 0.922. The Balaban J connectivity index is 5.39. The molecule has 1 atom stereocenters. The molecule has 0 spiro atoms. The number of hydrogen-bond acceptors (Lipinski definition) is 7. The van der Waals surface area contributed by atoms with E-state index in [4.69, 9.17) is 5.11 Å². The van der Waals surface area contributed by atoms with Gasteiger partial charge in [0.1, 0.15) is 0 Å². The number of rotatable bonds is 6. The van der Waals surface area contributed by atoms with Crippen LogP contribution in [0.25, 0.3) is 0 Å². The molecule has 0 aliphatic heterocycles. The van der Waals surface area contributed by atoms with Gasteiger partial charge in [-0.2, -0.15) is 0 Å². The van der Waals surface area contributed by atoms with Crippen molar-refractivity contribution in [3.63, 3.8) is 0 Å². The van der Waals surface area contributed by atoms with Crippen LogP contribution in [0.15, 0.2) is 0 Å². The highest BCUT2D eigenvalue weighted by atomic mass is 16.7. The largest absolute Gasteiger partial charge is 0.700 e. The zero-order valence-corrected chi connectivity index (χ0v) is 7.93. The zero-order valence-electron chi connectivity index (χ0n) is 7.93. The second kappa shape index (κ2) is 4.46. The highest BCUT2D eigenvalue weighted by Crippen LogP contribution is 2.22. The molecule has 0 bridgehead atoms. The molecule has 0 fully saturated rings. The van der Waals surface area contributed by atoms with E-state index >= 15 is 0 Å². The first-order chi connectivity index (χ1) is 7.16. The average Bonchev–Trinajstić information content (AvgIpc) is 2.11. The van der Waals surface area contributed by atoms with Gasteiger partial charge in [0.2, 0.25) is 0 Å². The zero-order chi connectivity index (χ0) is 13.1. The predicted molar refractivity (Wildman–Crippen MR) is 45.1 cm³/mol. The third kappa shape index (κ3) is 2.18. The summed E-state index contributed by atoms with van der Waals surface area (Å²) in [5.74, 6) is -6.88. The summed E-state index contributed by atoms with van der Waals surface area (Å²) < 4.78 is 0. The van der Waals surface area contributed by atoms with E-state index in [1.807, 2.05) is 0 Å². The summed E-state index contributed by atoms with van der Waals surface area (Å²) in [5.41, 5.74) is 0. The van der Waals surface area contributed by atoms with Crippen molar-refractivity contribution >= 4 is 5.97 Å². The maximum Gasteiger partial charge on any atom is 0.700 e. The van der Waals surface area contributed by atoms with Gasteiger partial charge in [0.05, 0.1) is 5.92 Å². The molecule has 0 heterocycles. The molecule has 0 aromatic rings. The molecule has 11 heteroatoms. The van der Waals surface area contributed by atoms with Crippen molar-refractivity contribution in [1.82, 2.24) is 0 Å². The maximum atomic E-state index is 10.4. The van der Waals surface area contributed by atoms with Crippen LogP contribution in [0, 0.1) is 36.3 Å². The second-order valence-electron chi connectivity index (χ2n) is 2.99. The van der Waals surface area contributed by atoms with Crippen LogP contribution in [-0.4, -0.2) is 31.6 Å². The molecule has 1 unspecified atom stereocenters. The minimum atomic E-state index is -3.71. The van der Waals surface area contributed by atoms with Crippen LogP contribution in [0.5, 0.6) is 0 Å². The summed E-state index contributed by atoms with van der Waals surface area (Å²) in [6, 6.07) is 0. The Hall–Kier alpha value is -2.33. The lowest BCUT2D eigenvalue weighted by Gasteiger charge is -2.10. The number of carbonyl (C=O) groups is 1. The van der Waals surface area contributed by atoms with Gasteiger partial charge in [-0.1, -0.05) is 6.92 Å². The molecule has 0 aliphatic rings. The van der Waals surface area contributed by atoms with Crippen molar-refractivity contribution in [1.29, 1.82) is 0 Å². The Kier molecular flexibility index (Phi) is 3.81. The fourth-order valence-corrected chi connectivity index (χ4v) is 0.922. The quantitative estimate of drug-likeness (QED) is 0.369. The summed E-state index contributed by atoms with van der Waals surface area (Å²) in [5, 5.41) is 39.6. The van der Waals surface area contributed by atoms with Crippen LogP contribution < -0.4 is 0 Å². The number of aliphatic carboxylic acids is 1. The van der Waals surface area contributed by atoms with Crippen LogP contribution in [0.1, 0.15) is 13.3 Å². The molecule has 0 rings (SSSR count). The van der Waals surface area contributed by atoms with Crippen molar-refractivity contribution in [2.24, 2.45) is 5.92 Å². The maximum absolute atomic E-state index is 10.4. The van der Waals surface area contributed by atoms with Crippen LogP contribution >= 0.6 is 0 Å². The summed E-state index contributed by atoms with van der Waals surface area (Å²) in [7, 11) is 0. The molecule has 0 saturated heterocycles. The van der Waals surface area contributed by atoms with Gasteiger partial charge >= 0.3 is 11.8 Å². The molecule has 0 saturated carbocycles. The number of nitrogens with zero attached hydrogens (tertiary/aromatic N) is 3. The predicted octanol–water partition coefficient (Wildman–Crippen LogP) is -0.419. The standard InChI is InChI=1S/C5H7N3O8/c1-3(4(9)10)2-5(6(11)12,7(13)14)8(15)16/h3H,2H2,1H3,(H,9,10). The van der Waals surface area contributed by atoms with Gasteiger partial charge in [0.25, 0.3) is 0 Å². The van der Waals surface area contributed by atoms with Crippen LogP contribution in [0.2, 0.25) is 0 Å². The summed E-state index contributed by atoms with van der Waals surface area (Å²) in [6.45, 7) is 0.910. The Bertz CT molecular complexity index is 316. The molecule has 0 aromatic carbocycles. The SMILES string of the molecule is CC(CC([N+](=O)[O-])([N+](=O)[O-])[N+](=O)[O-])C(=O)O. The van der Waals surface area contributed by atoms with Gasteiger partial charge in [-0.25, -0.2) is 0 Å². The molecule has 11 nitrogen and oxygen atoms in total. The van der Waals surface area contributed by atoms with E-state index in [2.05, 4.69) is 0 Å². The lowest BCUT2D eigenvalue weighted by molar-refractivity contribution is -0.971. The minimum absolute atomic E-state index is 0.910. The van der Waals surface area contributed by atoms with E-state index in [0.29, 0.717) is 0 Å². The third-order valence-corrected chi connectivity index (χ3v) is 1.88. The highest BCUT2D eigenvalue weighted by molar-refractivity contribution is 5.69.